The van der Waals surface area contributed by atoms with Gasteiger partial charge in [-0.3, -0.25) is 19.6 Å². The zero-order chi connectivity index (χ0) is 17.1. The fourth-order valence-corrected chi connectivity index (χ4v) is 2.30. The van der Waals surface area contributed by atoms with Gasteiger partial charge in [0.05, 0.1) is 16.7 Å². The van der Waals surface area contributed by atoms with Crippen molar-refractivity contribution in [3.63, 3.8) is 0 Å². The molecule has 23 heavy (non-hydrogen) atoms. The molecule has 0 unspecified atom stereocenters. The number of nitro groups is 1. The average molecular weight is 317 g/mol. The third-order valence-electron chi connectivity index (χ3n) is 3.43. The van der Waals surface area contributed by atoms with Crippen LogP contribution in [-0.4, -0.2) is 46.7 Å². The molecule has 0 atom stereocenters. The molecular weight excluding hydrogens is 298 g/mol. The van der Waals surface area contributed by atoms with Gasteiger partial charge in [-0.25, -0.2) is 0 Å². The van der Waals surface area contributed by atoms with Gasteiger partial charge < -0.3 is 9.80 Å². The summed E-state index contributed by atoms with van der Waals surface area (Å²) in [5.41, 5.74) is 1.73. The van der Waals surface area contributed by atoms with Crippen molar-refractivity contribution < 1.29 is 9.72 Å². The normalized spacial score (nSPS) is 10.4. The molecule has 0 aliphatic carbocycles. The van der Waals surface area contributed by atoms with Crippen molar-refractivity contribution >= 4 is 17.3 Å². The molecular formula is C15H19N5O3. The number of amides is 1. The van der Waals surface area contributed by atoms with Gasteiger partial charge in [0.25, 0.3) is 11.6 Å². The number of rotatable bonds is 5. The molecule has 0 radical (unpaired) electrons. The molecule has 1 aromatic heterocycles. The summed E-state index contributed by atoms with van der Waals surface area (Å²) in [5.74, 6) is -0.277. The number of anilines is 1. The Morgan fingerprint density at radius 1 is 1.35 bits per heavy atom. The number of aromatic nitrogens is 2. The molecule has 2 rings (SSSR count). The van der Waals surface area contributed by atoms with E-state index in [0.717, 1.165) is 5.56 Å². The van der Waals surface area contributed by atoms with Crippen molar-refractivity contribution in [3.05, 3.63) is 51.8 Å². The lowest BCUT2D eigenvalue weighted by atomic mass is 10.1. The number of nitrogens with zero attached hydrogens (tertiary/aromatic N) is 5. The lowest BCUT2D eigenvalue weighted by Crippen LogP contribution is -2.28. The van der Waals surface area contributed by atoms with Crippen molar-refractivity contribution in [2.75, 3.05) is 26.0 Å². The van der Waals surface area contributed by atoms with Crippen LogP contribution in [0, 0.1) is 10.1 Å². The summed E-state index contributed by atoms with van der Waals surface area (Å²) in [4.78, 5) is 26.5. The quantitative estimate of drug-likeness (QED) is 0.618. The molecule has 0 N–H and O–H groups in total. The van der Waals surface area contributed by atoms with E-state index in [1.807, 2.05) is 6.20 Å². The van der Waals surface area contributed by atoms with E-state index in [0.29, 0.717) is 17.8 Å². The van der Waals surface area contributed by atoms with Crippen molar-refractivity contribution in [2.24, 2.45) is 7.05 Å². The predicted molar refractivity (Wildman–Crippen MR) is 86.4 cm³/mol. The second kappa shape index (κ2) is 6.47. The van der Waals surface area contributed by atoms with E-state index in [1.165, 1.54) is 17.0 Å². The highest BCUT2D eigenvalue weighted by atomic mass is 16.6. The van der Waals surface area contributed by atoms with Crippen LogP contribution in [0.3, 0.4) is 0 Å². The molecule has 122 valence electrons. The number of benzene rings is 1. The number of hydrogen-bond donors (Lipinski definition) is 0. The Balaban J connectivity index is 2.32. The smallest absolute Gasteiger partial charge is 0.270 e. The average Bonchev–Trinajstić information content (AvgIpc) is 2.90. The maximum Gasteiger partial charge on any atom is 0.270 e. The first-order valence-electron chi connectivity index (χ1n) is 6.98. The Labute approximate surface area is 134 Å². The molecule has 0 aliphatic heterocycles. The first kappa shape index (κ1) is 16.5. The summed E-state index contributed by atoms with van der Waals surface area (Å²) in [6.45, 7) is 0.377. The van der Waals surface area contributed by atoms with Crippen molar-refractivity contribution in [1.29, 1.82) is 0 Å². The Morgan fingerprint density at radius 2 is 2.04 bits per heavy atom. The molecule has 0 saturated carbocycles. The number of non-ortho nitro benzene ring substituents is 1. The maximum absolute atomic E-state index is 12.7. The van der Waals surface area contributed by atoms with Crippen molar-refractivity contribution in [2.45, 2.75) is 6.54 Å². The van der Waals surface area contributed by atoms with E-state index < -0.39 is 4.92 Å². The third kappa shape index (κ3) is 3.65. The van der Waals surface area contributed by atoms with Crippen LogP contribution in [0.5, 0.6) is 0 Å². The number of aryl methyl sites for hydroxylation is 1. The van der Waals surface area contributed by atoms with Crippen molar-refractivity contribution in [3.8, 4) is 0 Å². The zero-order valence-corrected chi connectivity index (χ0v) is 13.6. The van der Waals surface area contributed by atoms with Crippen LogP contribution in [0.1, 0.15) is 15.9 Å². The predicted octanol–water partition coefficient (Wildman–Crippen LogP) is 1.67. The highest BCUT2D eigenvalue weighted by Gasteiger charge is 2.21. The first-order valence-corrected chi connectivity index (χ1v) is 6.98. The molecule has 8 heteroatoms. The van der Waals surface area contributed by atoms with E-state index in [9.17, 15) is 14.9 Å². The molecule has 8 nitrogen and oxygen atoms in total. The van der Waals surface area contributed by atoms with E-state index in [-0.39, 0.29) is 11.6 Å². The van der Waals surface area contributed by atoms with Crippen LogP contribution in [0.2, 0.25) is 0 Å². The van der Waals surface area contributed by atoms with Crippen LogP contribution >= 0.6 is 0 Å². The summed E-state index contributed by atoms with van der Waals surface area (Å²) >= 11 is 0. The van der Waals surface area contributed by atoms with Crippen LogP contribution in [0.25, 0.3) is 0 Å². The lowest BCUT2D eigenvalue weighted by Gasteiger charge is -2.21. The zero-order valence-electron chi connectivity index (χ0n) is 13.6. The fourth-order valence-electron chi connectivity index (χ4n) is 2.30. The summed E-state index contributed by atoms with van der Waals surface area (Å²) in [5, 5.41) is 15.0. The minimum atomic E-state index is -0.503. The number of carbonyl (C=O) groups excluding carboxylic acids is 1. The van der Waals surface area contributed by atoms with E-state index in [4.69, 9.17) is 0 Å². The second-order valence-corrected chi connectivity index (χ2v) is 5.54. The Kier molecular flexibility index (Phi) is 4.63. The first-order chi connectivity index (χ1) is 10.8. The Morgan fingerprint density at radius 3 is 2.57 bits per heavy atom. The third-order valence-corrected chi connectivity index (χ3v) is 3.43. The highest BCUT2D eigenvalue weighted by molar-refractivity contribution is 6.00. The number of carbonyl (C=O) groups is 1. The van der Waals surface area contributed by atoms with E-state index in [2.05, 4.69) is 5.10 Å². The van der Waals surface area contributed by atoms with Crippen LogP contribution in [0.4, 0.5) is 11.4 Å². The summed E-state index contributed by atoms with van der Waals surface area (Å²) < 4.78 is 1.66. The second-order valence-electron chi connectivity index (χ2n) is 5.54. The van der Waals surface area contributed by atoms with Gasteiger partial charge in [-0.1, -0.05) is 0 Å². The standard InChI is InChI=1S/C15H19N5O3/c1-17(2)14-6-5-12(20(22)23)7-13(14)15(21)18(3)9-11-8-16-19(4)10-11/h5-8,10H,9H2,1-4H3. The van der Waals surface area contributed by atoms with Crippen LogP contribution in [-0.2, 0) is 13.6 Å². The highest BCUT2D eigenvalue weighted by Crippen LogP contribution is 2.25. The van der Waals surface area contributed by atoms with Crippen molar-refractivity contribution in [1.82, 2.24) is 14.7 Å². The Bertz CT molecular complexity index is 738. The topological polar surface area (TPSA) is 84.5 Å². The summed E-state index contributed by atoms with van der Waals surface area (Å²) in [6, 6.07) is 4.30. The van der Waals surface area contributed by atoms with Crippen LogP contribution in [0.15, 0.2) is 30.6 Å². The molecule has 1 amide bonds. The monoisotopic (exact) mass is 317 g/mol. The van der Waals surface area contributed by atoms with Gasteiger partial charge in [0.2, 0.25) is 0 Å². The molecule has 0 saturated heterocycles. The van der Waals surface area contributed by atoms with Gasteiger partial charge in [0.1, 0.15) is 0 Å². The molecule has 0 aliphatic rings. The minimum absolute atomic E-state index is 0.103. The van der Waals surface area contributed by atoms with Gasteiger partial charge in [0.15, 0.2) is 0 Å². The Hall–Kier alpha value is -2.90. The number of hydrogen-bond acceptors (Lipinski definition) is 5. The number of nitro benzene ring substituents is 1. The summed E-state index contributed by atoms with van der Waals surface area (Å²) in [6.07, 6.45) is 3.51. The maximum atomic E-state index is 12.7. The SMILES string of the molecule is CN(Cc1cnn(C)c1)C(=O)c1cc([N+](=O)[O-])ccc1N(C)C. The van der Waals surface area contributed by atoms with Gasteiger partial charge in [-0.05, 0) is 6.07 Å². The van der Waals surface area contributed by atoms with Gasteiger partial charge in [-0.2, -0.15) is 5.10 Å². The lowest BCUT2D eigenvalue weighted by molar-refractivity contribution is -0.384. The molecule has 2 aromatic rings. The summed E-state index contributed by atoms with van der Waals surface area (Å²) in [7, 11) is 7.04. The van der Waals surface area contributed by atoms with Gasteiger partial charge >= 0.3 is 0 Å². The van der Waals surface area contributed by atoms with E-state index in [1.54, 1.807) is 50.0 Å². The van der Waals surface area contributed by atoms with Crippen LogP contribution < -0.4 is 4.90 Å². The molecule has 0 spiro atoms. The largest absolute Gasteiger partial charge is 0.377 e. The molecule has 0 bridgehead atoms. The van der Waals surface area contributed by atoms with Gasteiger partial charge in [-0.15, -0.1) is 0 Å². The van der Waals surface area contributed by atoms with Gasteiger partial charge in [0, 0.05) is 64.3 Å². The molecule has 1 aromatic carbocycles. The molecule has 1 heterocycles. The fraction of sp³-hybridized carbons (Fsp3) is 0.333. The molecule has 0 fully saturated rings. The minimum Gasteiger partial charge on any atom is -0.377 e. The van der Waals surface area contributed by atoms with E-state index >= 15 is 0 Å².